The lowest BCUT2D eigenvalue weighted by atomic mass is 10.1. The first kappa shape index (κ1) is 29.9. The summed E-state index contributed by atoms with van der Waals surface area (Å²) in [5, 5.41) is 0. The van der Waals surface area contributed by atoms with E-state index in [2.05, 4.69) is 13.5 Å². The van der Waals surface area contributed by atoms with Crippen molar-refractivity contribution in [1.82, 2.24) is 0 Å². The summed E-state index contributed by atoms with van der Waals surface area (Å²) in [6.45, 7) is 6.41. The zero-order valence-electron chi connectivity index (χ0n) is 22.3. The summed E-state index contributed by atoms with van der Waals surface area (Å²) < 4.78 is 21.8. The molecular weight excluding hydrogens is 468 g/mol. The fraction of sp³-hybridized carbons (Fsp3) is 0.484. The maximum atomic E-state index is 12.1. The van der Waals surface area contributed by atoms with Crippen molar-refractivity contribution in [1.29, 1.82) is 0 Å². The lowest BCUT2D eigenvalue weighted by Crippen LogP contribution is -2.19. The number of hydrogen-bond donors (Lipinski definition) is 0. The van der Waals surface area contributed by atoms with Gasteiger partial charge in [0.2, 0.25) is 5.78 Å². The SMILES string of the molecule is C=CCOC(=O)c1ccc(OCC(=O)COc2ccc(OCCCCCCCCCCCC)cc2)cc1. The van der Waals surface area contributed by atoms with E-state index in [9.17, 15) is 9.59 Å². The third-order valence-corrected chi connectivity index (χ3v) is 5.81. The van der Waals surface area contributed by atoms with Crippen LogP contribution in [0.4, 0.5) is 0 Å². The number of ether oxygens (including phenoxy) is 4. The molecule has 2 rings (SSSR count). The van der Waals surface area contributed by atoms with E-state index in [0.29, 0.717) is 23.7 Å². The van der Waals surface area contributed by atoms with Crippen molar-refractivity contribution in [2.75, 3.05) is 26.4 Å². The average molecular weight is 511 g/mol. The van der Waals surface area contributed by atoms with Gasteiger partial charge in [-0.05, 0) is 55.0 Å². The Morgan fingerprint density at radius 2 is 1.14 bits per heavy atom. The topological polar surface area (TPSA) is 71.1 Å². The molecule has 0 fully saturated rings. The van der Waals surface area contributed by atoms with Crippen LogP contribution in [0.3, 0.4) is 0 Å². The standard InChI is InChI=1S/C31H42O6/c1-3-5-6-7-8-9-10-11-12-13-23-34-28-18-20-30(21-19-28)37-25-27(32)24-36-29-16-14-26(15-17-29)31(33)35-22-4-2/h4,14-21H,2-3,5-13,22-25H2,1H3. The van der Waals surface area contributed by atoms with Crippen molar-refractivity contribution in [3.05, 3.63) is 66.7 Å². The third kappa shape index (κ3) is 13.6. The van der Waals surface area contributed by atoms with Crippen molar-refractivity contribution in [3.8, 4) is 17.2 Å². The van der Waals surface area contributed by atoms with Crippen LogP contribution in [0.25, 0.3) is 0 Å². The zero-order valence-corrected chi connectivity index (χ0v) is 22.3. The van der Waals surface area contributed by atoms with Gasteiger partial charge >= 0.3 is 5.97 Å². The largest absolute Gasteiger partial charge is 0.494 e. The Kier molecular flexibility index (Phi) is 15.3. The lowest BCUT2D eigenvalue weighted by Gasteiger charge is -2.09. The van der Waals surface area contributed by atoms with Gasteiger partial charge in [0.15, 0.2) is 0 Å². The summed E-state index contributed by atoms with van der Waals surface area (Å²) in [5.74, 6) is 1.25. The number of benzene rings is 2. The quantitative estimate of drug-likeness (QED) is 0.0993. The minimum absolute atomic E-state index is 0.0925. The normalized spacial score (nSPS) is 10.5. The highest BCUT2D eigenvalue weighted by Crippen LogP contribution is 2.19. The maximum Gasteiger partial charge on any atom is 0.338 e. The second kappa shape index (κ2) is 18.9. The molecule has 0 aromatic heterocycles. The molecule has 37 heavy (non-hydrogen) atoms. The smallest absolute Gasteiger partial charge is 0.338 e. The number of carbonyl (C=O) groups excluding carboxylic acids is 2. The van der Waals surface area contributed by atoms with Gasteiger partial charge in [-0.1, -0.05) is 77.4 Å². The van der Waals surface area contributed by atoms with E-state index in [1.54, 1.807) is 36.4 Å². The minimum atomic E-state index is -0.439. The van der Waals surface area contributed by atoms with Gasteiger partial charge in [-0.2, -0.15) is 0 Å². The van der Waals surface area contributed by atoms with E-state index in [4.69, 9.17) is 18.9 Å². The molecule has 0 radical (unpaired) electrons. The lowest BCUT2D eigenvalue weighted by molar-refractivity contribution is -0.123. The van der Waals surface area contributed by atoms with Crippen LogP contribution in [-0.2, 0) is 9.53 Å². The Morgan fingerprint density at radius 1 is 0.676 bits per heavy atom. The first-order chi connectivity index (χ1) is 18.1. The predicted octanol–water partition coefficient (Wildman–Crippen LogP) is 7.36. The Balaban J connectivity index is 1.54. The van der Waals surface area contributed by atoms with Gasteiger partial charge in [-0.15, -0.1) is 0 Å². The van der Waals surface area contributed by atoms with Crippen molar-refractivity contribution in [3.63, 3.8) is 0 Å². The van der Waals surface area contributed by atoms with E-state index in [1.807, 2.05) is 12.1 Å². The van der Waals surface area contributed by atoms with Crippen LogP contribution in [0.15, 0.2) is 61.2 Å². The molecular formula is C31H42O6. The second-order valence-electron chi connectivity index (χ2n) is 9.03. The van der Waals surface area contributed by atoms with E-state index in [0.717, 1.165) is 12.2 Å². The summed E-state index contributed by atoms with van der Waals surface area (Å²) >= 11 is 0. The number of carbonyl (C=O) groups is 2. The highest BCUT2D eigenvalue weighted by atomic mass is 16.5. The van der Waals surface area contributed by atoms with Gasteiger partial charge in [-0.3, -0.25) is 4.79 Å². The number of esters is 1. The molecule has 0 saturated heterocycles. The molecule has 0 N–H and O–H groups in total. The van der Waals surface area contributed by atoms with Gasteiger partial charge in [0.25, 0.3) is 0 Å². The summed E-state index contributed by atoms with van der Waals surface area (Å²) in [4.78, 5) is 23.9. The van der Waals surface area contributed by atoms with E-state index >= 15 is 0 Å². The highest BCUT2D eigenvalue weighted by molar-refractivity contribution is 5.89. The number of Topliss-reactive ketones (excluding diaryl/α,β-unsaturated/α-hetero) is 1. The van der Waals surface area contributed by atoms with E-state index in [-0.39, 0.29) is 25.6 Å². The molecule has 0 aliphatic carbocycles. The number of ketones is 1. The molecule has 202 valence electrons. The van der Waals surface area contributed by atoms with Crippen LogP contribution in [0, 0.1) is 0 Å². The average Bonchev–Trinajstić information content (AvgIpc) is 2.93. The molecule has 0 aliphatic heterocycles. The molecule has 2 aromatic carbocycles. The number of unbranched alkanes of at least 4 members (excludes halogenated alkanes) is 9. The second-order valence-corrected chi connectivity index (χ2v) is 9.03. The molecule has 0 unspecified atom stereocenters. The first-order valence-corrected chi connectivity index (χ1v) is 13.5. The van der Waals surface area contributed by atoms with E-state index in [1.165, 1.54) is 63.9 Å². The fourth-order valence-electron chi connectivity index (χ4n) is 3.69. The van der Waals surface area contributed by atoms with Gasteiger partial charge in [0, 0.05) is 0 Å². The molecule has 0 atom stereocenters. The van der Waals surface area contributed by atoms with Crippen LogP contribution in [0.5, 0.6) is 17.2 Å². The van der Waals surface area contributed by atoms with Gasteiger partial charge in [-0.25, -0.2) is 4.79 Å². The van der Waals surface area contributed by atoms with Crippen LogP contribution in [0.1, 0.15) is 81.5 Å². The monoisotopic (exact) mass is 510 g/mol. The zero-order chi connectivity index (χ0) is 26.6. The molecule has 0 spiro atoms. The molecule has 0 bridgehead atoms. The third-order valence-electron chi connectivity index (χ3n) is 5.81. The first-order valence-electron chi connectivity index (χ1n) is 13.5. The summed E-state index contributed by atoms with van der Waals surface area (Å²) in [6.07, 6.45) is 14.5. The Labute approximate surface area is 222 Å². The highest BCUT2D eigenvalue weighted by Gasteiger charge is 2.08. The van der Waals surface area contributed by atoms with Crippen LogP contribution in [0.2, 0.25) is 0 Å². The summed E-state index contributed by atoms with van der Waals surface area (Å²) in [5.41, 5.74) is 0.403. The van der Waals surface area contributed by atoms with Crippen LogP contribution < -0.4 is 14.2 Å². The van der Waals surface area contributed by atoms with Crippen LogP contribution in [-0.4, -0.2) is 38.2 Å². The summed E-state index contributed by atoms with van der Waals surface area (Å²) in [6, 6.07) is 13.7. The van der Waals surface area contributed by atoms with E-state index < -0.39 is 5.97 Å². The van der Waals surface area contributed by atoms with Crippen molar-refractivity contribution >= 4 is 11.8 Å². The molecule has 0 amide bonds. The molecule has 0 heterocycles. The van der Waals surface area contributed by atoms with Crippen molar-refractivity contribution in [2.45, 2.75) is 71.1 Å². The number of rotatable bonds is 21. The molecule has 2 aromatic rings. The van der Waals surface area contributed by atoms with Gasteiger partial charge in [0.05, 0.1) is 12.2 Å². The predicted molar refractivity (Wildman–Crippen MR) is 147 cm³/mol. The van der Waals surface area contributed by atoms with Crippen molar-refractivity contribution < 1.29 is 28.5 Å². The van der Waals surface area contributed by atoms with Gasteiger partial charge < -0.3 is 18.9 Å². The molecule has 6 heteroatoms. The minimum Gasteiger partial charge on any atom is -0.494 e. The molecule has 0 saturated carbocycles. The van der Waals surface area contributed by atoms with Crippen LogP contribution >= 0.6 is 0 Å². The van der Waals surface area contributed by atoms with Gasteiger partial charge in [0.1, 0.15) is 37.1 Å². The van der Waals surface area contributed by atoms with Crippen molar-refractivity contribution in [2.24, 2.45) is 0 Å². The molecule has 6 nitrogen and oxygen atoms in total. The number of hydrogen-bond acceptors (Lipinski definition) is 6. The summed E-state index contributed by atoms with van der Waals surface area (Å²) in [7, 11) is 0. The maximum absolute atomic E-state index is 12.1. The fourth-order valence-corrected chi connectivity index (χ4v) is 3.69. The Morgan fingerprint density at radius 3 is 1.65 bits per heavy atom. The molecule has 0 aliphatic rings. The Hall–Kier alpha value is -3.28. The Bertz CT molecular complexity index is 904.